The molecule has 1 aliphatic rings. The molecule has 1 heterocycles. The smallest absolute Gasteiger partial charge is 0.320 e. The van der Waals surface area contributed by atoms with E-state index in [4.69, 9.17) is 0 Å². The minimum atomic E-state index is -0.215. The SMILES string of the molecule is Cc1cn(-c2ccccc2)nc1NC(=O)NC1CCCc2ccccc21. The second kappa shape index (κ2) is 7.04. The zero-order valence-electron chi connectivity index (χ0n) is 14.8. The first kappa shape index (κ1) is 16.4. The highest BCUT2D eigenvalue weighted by Crippen LogP contribution is 2.29. The number of benzene rings is 2. The van der Waals surface area contributed by atoms with Crippen molar-refractivity contribution in [3.8, 4) is 5.69 Å². The van der Waals surface area contributed by atoms with E-state index in [1.165, 1.54) is 11.1 Å². The van der Waals surface area contributed by atoms with Gasteiger partial charge in [0.25, 0.3) is 0 Å². The monoisotopic (exact) mass is 346 g/mol. The van der Waals surface area contributed by atoms with Crippen LogP contribution in [0.2, 0.25) is 0 Å². The number of para-hydroxylation sites is 1. The average Bonchev–Trinajstić information content (AvgIpc) is 3.03. The van der Waals surface area contributed by atoms with Crippen molar-refractivity contribution in [2.75, 3.05) is 5.32 Å². The van der Waals surface area contributed by atoms with E-state index in [0.717, 1.165) is 30.5 Å². The number of fused-ring (bicyclic) bond motifs is 1. The quantitative estimate of drug-likeness (QED) is 0.739. The molecule has 132 valence electrons. The van der Waals surface area contributed by atoms with Crippen LogP contribution in [0.1, 0.15) is 35.6 Å². The first-order chi connectivity index (χ1) is 12.7. The molecule has 0 fully saturated rings. The van der Waals surface area contributed by atoms with E-state index in [9.17, 15) is 4.79 Å². The standard InChI is InChI=1S/C21H22N4O/c1-15-14-25(17-10-3-2-4-11-17)24-20(15)23-21(26)22-19-13-7-9-16-8-5-6-12-18(16)19/h2-6,8,10-12,14,19H,7,9,13H2,1H3,(H2,22,23,24,26). The number of nitrogens with zero attached hydrogens (tertiary/aromatic N) is 2. The van der Waals surface area contributed by atoms with E-state index in [1.54, 1.807) is 4.68 Å². The molecule has 4 rings (SSSR count). The first-order valence-corrected chi connectivity index (χ1v) is 8.98. The van der Waals surface area contributed by atoms with Gasteiger partial charge in [0.05, 0.1) is 11.7 Å². The summed E-state index contributed by atoms with van der Waals surface area (Å²) < 4.78 is 1.78. The molecule has 0 saturated heterocycles. The van der Waals surface area contributed by atoms with Gasteiger partial charge in [-0.05, 0) is 49.4 Å². The van der Waals surface area contributed by atoms with Crippen LogP contribution in [0, 0.1) is 6.92 Å². The van der Waals surface area contributed by atoms with Crippen LogP contribution in [0.5, 0.6) is 0 Å². The summed E-state index contributed by atoms with van der Waals surface area (Å²) in [5.74, 6) is 0.579. The van der Waals surface area contributed by atoms with Crippen molar-refractivity contribution < 1.29 is 4.79 Å². The Morgan fingerprint density at radius 2 is 1.88 bits per heavy atom. The molecule has 1 aliphatic carbocycles. The number of hydrogen-bond acceptors (Lipinski definition) is 2. The Morgan fingerprint density at radius 3 is 2.73 bits per heavy atom. The average molecular weight is 346 g/mol. The highest BCUT2D eigenvalue weighted by molar-refractivity contribution is 5.89. The van der Waals surface area contributed by atoms with Crippen molar-refractivity contribution in [1.29, 1.82) is 0 Å². The number of carbonyl (C=O) groups is 1. The molecule has 0 aliphatic heterocycles. The second-order valence-electron chi connectivity index (χ2n) is 6.68. The lowest BCUT2D eigenvalue weighted by molar-refractivity contribution is 0.247. The molecule has 2 amide bonds. The van der Waals surface area contributed by atoms with E-state index in [2.05, 4.69) is 33.9 Å². The normalized spacial score (nSPS) is 16.0. The third-order valence-electron chi connectivity index (χ3n) is 4.82. The van der Waals surface area contributed by atoms with Crippen LogP contribution >= 0.6 is 0 Å². The molecule has 3 aromatic rings. The Balaban J connectivity index is 1.47. The van der Waals surface area contributed by atoms with Crippen LogP contribution < -0.4 is 10.6 Å². The van der Waals surface area contributed by atoms with E-state index in [1.807, 2.05) is 49.5 Å². The highest BCUT2D eigenvalue weighted by atomic mass is 16.2. The summed E-state index contributed by atoms with van der Waals surface area (Å²) >= 11 is 0. The van der Waals surface area contributed by atoms with Crippen LogP contribution in [0.3, 0.4) is 0 Å². The molecule has 0 radical (unpaired) electrons. The lowest BCUT2D eigenvalue weighted by atomic mass is 9.88. The molecule has 2 aromatic carbocycles. The number of aromatic nitrogens is 2. The van der Waals surface area contributed by atoms with Crippen LogP contribution in [0.4, 0.5) is 10.6 Å². The van der Waals surface area contributed by atoms with E-state index < -0.39 is 0 Å². The van der Waals surface area contributed by atoms with Gasteiger partial charge in [-0.25, -0.2) is 9.48 Å². The predicted octanol–water partition coefficient (Wildman–Crippen LogP) is 4.38. The Bertz CT molecular complexity index is 917. The van der Waals surface area contributed by atoms with Gasteiger partial charge in [-0.3, -0.25) is 5.32 Å². The van der Waals surface area contributed by atoms with Crippen molar-refractivity contribution in [3.05, 3.63) is 77.5 Å². The van der Waals surface area contributed by atoms with E-state index in [-0.39, 0.29) is 12.1 Å². The maximum Gasteiger partial charge on any atom is 0.320 e. The van der Waals surface area contributed by atoms with Gasteiger partial charge in [0.2, 0.25) is 0 Å². The fraction of sp³-hybridized carbons (Fsp3) is 0.238. The third kappa shape index (κ3) is 3.33. The molecule has 0 bridgehead atoms. The van der Waals surface area contributed by atoms with Gasteiger partial charge in [0, 0.05) is 11.8 Å². The minimum Gasteiger partial charge on any atom is -0.331 e. The van der Waals surface area contributed by atoms with Gasteiger partial charge in [-0.1, -0.05) is 42.5 Å². The molecule has 5 heteroatoms. The second-order valence-corrected chi connectivity index (χ2v) is 6.68. The number of anilines is 1. The summed E-state index contributed by atoms with van der Waals surface area (Å²) in [4.78, 5) is 12.5. The van der Waals surface area contributed by atoms with E-state index >= 15 is 0 Å². The maximum atomic E-state index is 12.5. The maximum absolute atomic E-state index is 12.5. The third-order valence-corrected chi connectivity index (χ3v) is 4.82. The predicted molar refractivity (Wildman–Crippen MR) is 103 cm³/mol. The lowest BCUT2D eigenvalue weighted by Crippen LogP contribution is -2.34. The summed E-state index contributed by atoms with van der Waals surface area (Å²) in [6, 6.07) is 18.0. The summed E-state index contributed by atoms with van der Waals surface area (Å²) in [7, 11) is 0. The van der Waals surface area contributed by atoms with Crippen molar-refractivity contribution >= 4 is 11.8 Å². The van der Waals surface area contributed by atoms with Crippen molar-refractivity contribution in [3.63, 3.8) is 0 Å². The zero-order chi connectivity index (χ0) is 17.9. The molecule has 26 heavy (non-hydrogen) atoms. The number of amides is 2. The number of nitrogens with one attached hydrogen (secondary N) is 2. The van der Waals surface area contributed by atoms with Crippen molar-refractivity contribution in [2.24, 2.45) is 0 Å². The number of aryl methyl sites for hydroxylation is 2. The molecule has 1 aromatic heterocycles. The number of urea groups is 1. The summed E-state index contributed by atoms with van der Waals surface area (Å²) in [5, 5.41) is 10.5. The minimum absolute atomic E-state index is 0.0523. The Hall–Kier alpha value is -3.08. The summed E-state index contributed by atoms with van der Waals surface area (Å²) in [6.45, 7) is 1.94. The number of rotatable bonds is 3. The Labute approximate surface area is 153 Å². The van der Waals surface area contributed by atoms with Gasteiger partial charge < -0.3 is 5.32 Å². The zero-order valence-corrected chi connectivity index (χ0v) is 14.8. The van der Waals surface area contributed by atoms with Gasteiger partial charge >= 0.3 is 6.03 Å². The fourth-order valence-electron chi connectivity index (χ4n) is 3.50. The van der Waals surface area contributed by atoms with Crippen LogP contribution in [-0.4, -0.2) is 15.8 Å². The van der Waals surface area contributed by atoms with Gasteiger partial charge in [-0.15, -0.1) is 5.10 Å². The molecule has 0 saturated carbocycles. The summed E-state index contributed by atoms with van der Waals surface area (Å²) in [6.07, 6.45) is 5.04. The van der Waals surface area contributed by atoms with Gasteiger partial charge in [0.15, 0.2) is 5.82 Å². The molecule has 1 unspecified atom stereocenters. The largest absolute Gasteiger partial charge is 0.331 e. The van der Waals surface area contributed by atoms with Crippen LogP contribution in [0.25, 0.3) is 5.69 Å². The summed E-state index contributed by atoms with van der Waals surface area (Å²) in [5.41, 5.74) is 4.44. The van der Waals surface area contributed by atoms with Crippen molar-refractivity contribution in [2.45, 2.75) is 32.2 Å². The van der Waals surface area contributed by atoms with E-state index in [0.29, 0.717) is 5.82 Å². The van der Waals surface area contributed by atoms with Crippen LogP contribution in [0.15, 0.2) is 60.8 Å². The van der Waals surface area contributed by atoms with Crippen molar-refractivity contribution in [1.82, 2.24) is 15.1 Å². The van der Waals surface area contributed by atoms with Gasteiger partial charge in [-0.2, -0.15) is 0 Å². The first-order valence-electron chi connectivity index (χ1n) is 8.98. The Morgan fingerprint density at radius 1 is 1.12 bits per heavy atom. The topological polar surface area (TPSA) is 59.0 Å². The molecule has 2 N–H and O–H groups in total. The number of hydrogen-bond donors (Lipinski definition) is 2. The molecule has 0 spiro atoms. The molecular formula is C21H22N4O. The number of carbonyl (C=O) groups excluding carboxylic acids is 1. The van der Waals surface area contributed by atoms with Gasteiger partial charge in [0.1, 0.15) is 0 Å². The molecular weight excluding hydrogens is 324 g/mol. The molecule has 5 nitrogen and oxygen atoms in total. The Kier molecular flexibility index (Phi) is 4.44. The van der Waals surface area contributed by atoms with Crippen LogP contribution in [-0.2, 0) is 6.42 Å². The fourth-order valence-corrected chi connectivity index (χ4v) is 3.50. The lowest BCUT2D eigenvalue weighted by Gasteiger charge is -2.26. The highest BCUT2D eigenvalue weighted by Gasteiger charge is 2.22. The molecule has 1 atom stereocenters.